The molecule has 0 fully saturated rings. The van der Waals surface area contributed by atoms with Crippen molar-refractivity contribution in [3.05, 3.63) is 90.2 Å². The molecular weight excluding hydrogens is 323 g/mol. The van der Waals surface area contributed by atoms with Crippen LogP contribution in [0.2, 0.25) is 0 Å². The molecule has 3 rings (SSSR count). The van der Waals surface area contributed by atoms with Crippen molar-refractivity contribution >= 4 is 17.9 Å². The molecule has 0 saturated carbocycles. The fourth-order valence-electron chi connectivity index (χ4n) is 2.20. The van der Waals surface area contributed by atoms with Crippen molar-refractivity contribution < 1.29 is 9.18 Å². The average molecular weight is 338 g/mol. The normalized spacial score (nSPS) is 10.4. The van der Waals surface area contributed by atoms with Crippen molar-refractivity contribution in [1.29, 1.82) is 0 Å². The number of rotatable bonds is 5. The maximum absolute atomic E-state index is 14.0. The zero-order valence-corrected chi connectivity index (χ0v) is 13.5. The summed E-state index contributed by atoms with van der Waals surface area (Å²) in [4.78, 5) is 15.9. The Labute approximate surface area is 144 Å². The van der Waals surface area contributed by atoms with E-state index >= 15 is 0 Å². The van der Waals surface area contributed by atoms with Gasteiger partial charge in [-0.05, 0) is 47.3 Å². The van der Waals surface area contributed by atoms with Crippen LogP contribution >= 0.6 is 11.9 Å². The number of nitrogens with one attached hydrogen (secondary N) is 2. The van der Waals surface area contributed by atoms with Crippen LogP contribution in [0.15, 0.2) is 83.8 Å². The van der Waals surface area contributed by atoms with Gasteiger partial charge < -0.3 is 0 Å². The zero-order valence-electron chi connectivity index (χ0n) is 12.7. The van der Waals surface area contributed by atoms with Gasteiger partial charge in [0.2, 0.25) is 0 Å². The third-order valence-electron chi connectivity index (χ3n) is 3.39. The minimum atomic E-state index is -0.557. The monoisotopic (exact) mass is 338 g/mol. The molecule has 0 spiro atoms. The van der Waals surface area contributed by atoms with E-state index in [1.807, 2.05) is 60.7 Å². The second-order valence-corrected chi connectivity index (χ2v) is 5.91. The third-order valence-corrected chi connectivity index (χ3v) is 4.11. The van der Waals surface area contributed by atoms with Crippen LogP contribution in [0.4, 0.5) is 4.39 Å². The van der Waals surface area contributed by atoms with Crippen LogP contribution in [0.25, 0.3) is 11.1 Å². The van der Waals surface area contributed by atoms with Crippen LogP contribution < -0.4 is 10.3 Å². The smallest absolute Gasteiger partial charge is 0.269 e. The molecule has 2 N–H and O–H groups in total. The first-order valence-electron chi connectivity index (χ1n) is 7.36. The standard InChI is InChI=1S/C19H15FN2OS/c20-18-12-11-15(14-7-3-1-4-8-14)13-17(18)19(23)21-22-24-16-9-5-2-6-10-16/h1-13,22H,(H,21,23). The highest BCUT2D eigenvalue weighted by Gasteiger charge is 2.13. The minimum Gasteiger partial charge on any atom is -0.277 e. The molecule has 0 unspecified atom stereocenters. The SMILES string of the molecule is O=C(NNSc1ccccc1)c1cc(-c2ccccc2)ccc1F. The van der Waals surface area contributed by atoms with Crippen LogP contribution in [0.1, 0.15) is 10.4 Å². The fraction of sp³-hybridized carbons (Fsp3) is 0. The molecule has 0 aromatic heterocycles. The maximum Gasteiger partial charge on any atom is 0.269 e. The minimum absolute atomic E-state index is 0.00230. The predicted octanol–water partition coefficient (Wildman–Crippen LogP) is 4.43. The lowest BCUT2D eigenvalue weighted by Gasteiger charge is -2.09. The number of carbonyl (C=O) groups is 1. The summed E-state index contributed by atoms with van der Waals surface area (Å²) in [7, 11) is 0. The van der Waals surface area contributed by atoms with E-state index in [4.69, 9.17) is 0 Å². The van der Waals surface area contributed by atoms with Crippen LogP contribution in [-0.2, 0) is 0 Å². The molecule has 0 saturated heterocycles. The molecule has 3 nitrogen and oxygen atoms in total. The van der Waals surface area contributed by atoms with Gasteiger partial charge in [-0.1, -0.05) is 54.6 Å². The van der Waals surface area contributed by atoms with Gasteiger partial charge in [0.1, 0.15) is 5.82 Å². The van der Waals surface area contributed by atoms with E-state index in [-0.39, 0.29) is 5.56 Å². The number of hydrogen-bond donors (Lipinski definition) is 2. The van der Waals surface area contributed by atoms with Crippen molar-refractivity contribution in [2.45, 2.75) is 4.90 Å². The highest BCUT2D eigenvalue weighted by atomic mass is 32.2. The number of halogens is 1. The molecule has 1 amide bonds. The number of amides is 1. The molecule has 0 aliphatic heterocycles. The van der Waals surface area contributed by atoms with E-state index in [9.17, 15) is 9.18 Å². The topological polar surface area (TPSA) is 41.1 Å². The molecular formula is C19H15FN2OS. The van der Waals surface area contributed by atoms with Crippen molar-refractivity contribution in [3.63, 3.8) is 0 Å². The van der Waals surface area contributed by atoms with Gasteiger partial charge >= 0.3 is 0 Å². The number of hydrazine groups is 1. The first-order chi connectivity index (χ1) is 11.7. The Morgan fingerprint density at radius 3 is 2.21 bits per heavy atom. The van der Waals surface area contributed by atoms with E-state index in [1.165, 1.54) is 18.0 Å². The van der Waals surface area contributed by atoms with Crippen LogP contribution in [0.3, 0.4) is 0 Å². The Morgan fingerprint density at radius 1 is 0.833 bits per heavy atom. The van der Waals surface area contributed by atoms with E-state index in [0.717, 1.165) is 16.0 Å². The van der Waals surface area contributed by atoms with Crippen molar-refractivity contribution in [1.82, 2.24) is 10.3 Å². The van der Waals surface area contributed by atoms with E-state index in [2.05, 4.69) is 10.3 Å². The molecule has 3 aromatic rings. The first kappa shape index (κ1) is 16.2. The van der Waals surface area contributed by atoms with Gasteiger partial charge in [-0.15, -0.1) is 0 Å². The quantitative estimate of drug-likeness (QED) is 0.534. The Morgan fingerprint density at radius 2 is 1.50 bits per heavy atom. The summed E-state index contributed by atoms with van der Waals surface area (Å²) in [5.74, 6) is -1.08. The van der Waals surface area contributed by atoms with Gasteiger partial charge in [-0.25, -0.2) is 4.39 Å². The molecule has 5 heteroatoms. The molecule has 120 valence electrons. The molecule has 0 bridgehead atoms. The zero-order chi connectivity index (χ0) is 16.8. The average Bonchev–Trinajstić information content (AvgIpc) is 2.63. The highest BCUT2D eigenvalue weighted by Crippen LogP contribution is 2.22. The lowest BCUT2D eigenvalue weighted by atomic mass is 10.0. The summed E-state index contributed by atoms with van der Waals surface area (Å²) in [6.45, 7) is 0. The van der Waals surface area contributed by atoms with E-state index < -0.39 is 11.7 Å². The second-order valence-electron chi connectivity index (χ2n) is 5.03. The molecule has 0 atom stereocenters. The van der Waals surface area contributed by atoms with Crippen molar-refractivity contribution in [3.8, 4) is 11.1 Å². The number of hydrogen-bond acceptors (Lipinski definition) is 3. The first-order valence-corrected chi connectivity index (χ1v) is 8.18. The van der Waals surface area contributed by atoms with Gasteiger partial charge in [-0.3, -0.25) is 10.2 Å². The van der Waals surface area contributed by atoms with Crippen molar-refractivity contribution in [2.24, 2.45) is 0 Å². The predicted molar refractivity (Wildman–Crippen MR) is 94.7 cm³/mol. The maximum atomic E-state index is 14.0. The Hall–Kier alpha value is -2.63. The Kier molecular flexibility index (Phi) is 5.25. The molecule has 0 radical (unpaired) electrons. The Balaban J connectivity index is 1.70. The highest BCUT2D eigenvalue weighted by molar-refractivity contribution is 7.97. The number of benzene rings is 3. The van der Waals surface area contributed by atoms with Gasteiger partial charge in [0.15, 0.2) is 0 Å². The largest absolute Gasteiger partial charge is 0.277 e. The summed E-state index contributed by atoms with van der Waals surface area (Å²) in [5, 5.41) is 0. The molecule has 24 heavy (non-hydrogen) atoms. The lowest BCUT2D eigenvalue weighted by molar-refractivity contribution is 0.0943. The molecule has 0 heterocycles. The fourth-order valence-corrected chi connectivity index (χ4v) is 2.75. The molecule has 3 aromatic carbocycles. The summed E-state index contributed by atoms with van der Waals surface area (Å²) in [6.07, 6.45) is 0. The Bertz CT molecular complexity index is 825. The van der Waals surface area contributed by atoms with Crippen LogP contribution in [0, 0.1) is 5.82 Å². The lowest BCUT2D eigenvalue weighted by Crippen LogP contribution is -2.33. The van der Waals surface area contributed by atoms with E-state index in [0.29, 0.717) is 0 Å². The van der Waals surface area contributed by atoms with Gasteiger partial charge in [-0.2, -0.15) is 4.83 Å². The van der Waals surface area contributed by atoms with Crippen LogP contribution in [-0.4, -0.2) is 5.91 Å². The summed E-state index contributed by atoms with van der Waals surface area (Å²) in [6, 6.07) is 23.6. The number of carbonyl (C=O) groups excluding carboxylic acids is 1. The summed E-state index contributed by atoms with van der Waals surface area (Å²) < 4.78 is 14.0. The van der Waals surface area contributed by atoms with E-state index in [1.54, 1.807) is 12.1 Å². The molecule has 0 aliphatic carbocycles. The summed E-state index contributed by atoms with van der Waals surface area (Å²) in [5.41, 5.74) is 4.22. The summed E-state index contributed by atoms with van der Waals surface area (Å²) >= 11 is 1.25. The van der Waals surface area contributed by atoms with Gasteiger partial charge in [0.05, 0.1) is 5.56 Å². The van der Waals surface area contributed by atoms with Gasteiger partial charge in [0.25, 0.3) is 5.91 Å². The third kappa shape index (κ3) is 4.01. The van der Waals surface area contributed by atoms with Crippen molar-refractivity contribution in [2.75, 3.05) is 0 Å². The van der Waals surface area contributed by atoms with Crippen LogP contribution in [0.5, 0.6) is 0 Å². The second kappa shape index (κ2) is 7.77. The molecule has 0 aliphatic rings. The van der Waals surface area contributed by atoms with Gasteiger partial charge in [0, 0.05) is 4.90 Å².